The topological polar surface area (TPSA) is 80.0 Å². The van der Waals surface area contributed by atoms with Gasteiger partial charge >= 0.3 is 6.18 Å². The maximum atomic E-state index is 13.5. The Kier molecular flexibility index (Phi) is 2.45. The normalized spacial score (nSPS) is 17.7. The molecule has 0 aliphatic heterocycles. The van der Waals surface area contributed by atoms with Gasteiger partial charge in [-0.3, -0.25) is 0 Å². The Labute approximate surface area is 111 Å². The Bertz CT molecular complexity index is 721. The second kappa shape index (κ2) is 3.85. The second-order valence-electron chi connectivity index (χ2n) is 4.90. The van der Waals surface area contributed by atoms with E-state index in [1.165, 1.54) is 12.3 Å². The highest BCUT2D eigenvalue weighted by molar-refractivity contribution is 5.58. The van der Waals surface area contributed by atoms with Crippen molar-refractivity contribution in [3.63, 3.8) is 0 Å². The molecule has 20 heavy (non-hydrogen) atoms. The molecule has 0 unspecified atom stereocenters. The SMILES string of the molecule is N#Cc1cc2cnc(N)nn2c1C1(C(F)(F)F)CCC1. The van der Waals surface area contributed by atoms with Crippen molar-refractivity contribution in [2.24, 2.45) is 0 Å². The summed E-state index contributed by atoms with van der Waals surface area (Å²) in [5.41, 5.74) is 3.63. The first-order valence-electron chi connectivity index (χ1n) is 6.00. The summed E-state index contributed by atoms with van der Waals surface area (Å²) in [6.07, 6.45) is -2.72. The van der Waals surface area contributed by atoms with Gasteiger partial charge in [-0.25, -0.2) is 9.50 Å². The lowest BCUT2D eigenvalue weighted by atomic mass is 9.65. The molecule has 2 aromatic rings. The first kappa shape index (κ1) is 12.7. The molecular weight excluding hydrogens is 271 g/mol. The maximum absolute atomic E-state index is 13.5. The lowest BCUT2D eigenvalue weighted by molar-refractivity contribution is -0.214. The monoisotopic (exact) mass is 281 g/mol. The predicted octanol–water partition coefficient (Wildman–Crippen LogP) is 2.17. The van der Waals surface area contributed by atoms with Crippen LogP contribution in [0.2, 0.25) is 0 Å². The van der Waals surface area contributed by atoms with E-state index in [2.05, 4.69) is 10.1 Å². The van der Waals surface area contributed by atoms with Crippen LogP contribution >= 0.6 is 0 Å². The smallest absolute Gasteiger partial charge is 0.367 e. The van der Waals surface area contributed by atoms with Gasteiger partial charge in [-0.1, -0.05) is 6.42 Å². The summed E-state index contributed by atoms with van der Waals surface area (Å²) < 4.78 is 41.5. The third-order valence-electron chi connectivity index (χ3n) is 3.86. The number of fused-ring (bicyclic) bond motifs is 1. The van der Waals surface area contributed by atoms with Crippen LogP contribution in [0.4, 0.5) is 19.1 Å². The molecular formula is C12H10F3N5. The first-order chi connectivity index (χ1) is 9.39. The molecule has 2 aromatic heterocycles. The maximum Gasteiger partial charge on any atom is 0.399 e. The standard InChI is InChI=1S/C12H10F3N5/c13-12(14,15)11(2-1-3-11)9-7(5-16)4-8-6-18-10(17)19-20(8)9/h4,6H,1-3H2,(H2,17,19). The molecule has 0 saturated heterocycles. The summed E-state index contributed by atoms with van der Waals surface area (Å²) >= 11 is 0. The third-order valence-corrected chi connectivity index (χ3v) is 3.86. The molecule has 104 valence electrons. The van der Waals surface area contributed by atoms with Crippen LogP contribution in [0.3, 0.4) is 0 Å². The number of anilines is 1. The van der Waals surface area contributed by atoms with Gasteiger partial charge in [0.2, 0.25) is 5.95 Å². The van der Waals surface area contributed by atoms with Gasteiger partial charge in [-0.05, 0) is 18.9 Å². The molecule has 0 amide bonds. The van der Waals surface area contributed by atoms with Gasteiger partial charge in [0.05, 0.1) is 23.0 Å². The Morgan fingerprint density at radius 1 is 1.40 bits per heavy atom. The number of hydrogen-bond acceptors (Lipinski definition) is 4. The lowest BCUT2D eigenvalue weighted by Gasteiger charge is -2.42. The van der Waals surface area contributed by atoms with Crippen molar-refractivity contribution in [3.05, 3.63) is 23.5 Å². The third kappa shape index (κ3) is 1.49. The average Bonchev–Trinajstić information content (AvgIpc) is 2.64. The molecule has 0 bridgehead atoms. The number of halogens is 3. The van der Waals surface area contributed by atoms with Gasteiger partial charge in [0.25, 0.3) is 0 Å². The lowest BCUT2D eigenvalue weighted by Crippen LogP contribution is -2.49. The molecule has 3 rings (SSSR count). The molecule has 0 spiro atoms. The molecule has 1 saturated carbocycles. The Hall–Kier alpha value is -2.30. The van der Waals surface area contributed by atoms with E-state index in [1.54, 1.807) is 0 Å². The van der Waals surface area contributed by atoms with E-state index in [1.807, 2.05) is 6.07 Å². The summed E-state index contributed by atoms with van der Waals surface area (Å²) in [4.78, 5) is 3.74. The van der Waals surface area contributed by atoms with E-state index >= 15 is 0 Å². The molecule has 8 heteroatoms. The minimum Gasteiger partial charge on any atom is -0.367 e. The fourth-order valence-electron chi connectivity index (χ4n) is 2.71. The van der Waals surface area contributed by atoms with Crippen LogP contribution in [-0.4, -0.2) is 20.8 Å². The Morgan fingerprint density at radius 3 is 2.60 bits per heavy atom. The van der Waals surface area contributed by atoms with E-state index in [0.29, 0.717) is 11.9 Å². The first-order valence-corrected chi connectivity index (χ1v) is 6.00. The summed E-state index contributed by atoms with van der Waals surface area (Å²) in [6.45, 7) is 0. The molecule has 5 nitrogen and oxygen atoms in total. The molecule has 0 aromatic carbocycles. The quantitative estimate of drug-likeness (QED) is 0.868. The Balaban J connectivity index is 2.35. The van der Waals surface area contributed by atoms with E-state index in [-0.39, 0.29) is 30.0 Å². The van der Waals surface area contributed by atoms with Crippen LogP contribution in [0.5, 0.6) is 0 Å². The fourth-order valence-corrected chi connectivity index (χ4v) is 2.71. The van der Waals surface area contributed by atoms with Gasteiger partial charge in [-0.15, -0.1) is 5.10 Å². The van der Waals surface area contributed by atoms with Gasteiger partial charge in [0.1, 0.15) is 11.5 Å². The highest BCUT2D eigenvalue weighted by Gasteiger charge is 2.61. The minimum absolute atomic E-state index is 0.0260. The number of nitrogens with two attached hydrogens (primary N) is 1. The van der Waals surface area contributed by atoms with E-state index in [4.69, 9.17) is 11.0 Å². The predicted molar refractivity (Wildman–Crippen MR) is 63.7 cm³/mol. The van der Waals surface area contributed by atoms with Crippen molar-refractivity contribution < 1.29 is 13.2 Å². The number of nitrogen functional groups attached to an aromatic ring is 1. The minimum atomic E-state index is -4.43. The highest BCUT2D eigenvalue weighted by Crippen LogP contribution is 2.55. The molecule has 0 radical (unpaired) electrons. The van der Waals surface area contributed by atoms with Gasteiger partial charge in [0, 0.05) is 0 Å². The largest absolute Gasteiger partial charge is 0.399 e. The van der Waals surface area contributed by atoms with Crippen LogP contribution < -0.4 is 5.73 Å². The van der Waals surface area contributed by atoms with Crippen LogP contribution in [-0.2, 0) is 5.41 Å². The summed E-state index contributed by atoms with van der Waals surface area (Å²) in [7, 11) is 0. The molecule has 1 fully saturated rings. The number of alkyl halides is 3. The summed E-state index contributed by atoms with van der Waals surface area (Å²) in [5.74, 6) is -0.129. The number of rotatable bonds is 1. The van der Waals surface area contributed by atoms with Crippen LogP contribution in [0.25, 0.3) is 5.52 Å². The van der Waals surface area contributed by atoms with Gasteiger partial charge in [0.15, 0.2) is 0 Å². The number of nitriles is 1. The molecule has 2 heterocycles. The zero-order chi connectivity index (χ0) is 14.5. The molecule has 1 aliphatic rings. The average molecular weight is 281 g/mol. The zero-order valence-corrected chi connectivity index (χ0v) is 10.3. The van der Waals surface area contributed by atoms with Crippen LogP contribution in [0.15, 0.2) is 12.3 Å². The second-order valence-corrected chi connectivity index (χ2v) is 4.90. The molecule has 2 N–H and O–H groups in total. The highest BCUT2D eigenvalue weighted by atomic mass is 19.4. The summed E-state index contributed by atoms with van der Waals surface area (Å²) in [6, 6.07) is 3.18. The van der Waals surface area contributed by atoms with Crippen molar-refractivity contribution in [1.29, 1.82) is 5.26 Å². The number of nitrogens with zero attached hydrogens (tertiary/aromatic N) is 4. The zero-order valence-electron chi connectivity index (χ0n) is 10.3. The van der Waals surface area contributed by atoms with Crippen molar-refractivity contribution in [2.75, 3.05) is 5.73 Å². The number of hydrogen-bond donors (Lipinski definition) is 1. The van der Waals surface area contributed by atoms with Crippen LogP contribution in [0.1, 0.15) is 30.5 Å². The van der Waals surface area contributed by atoms with E-state index < -0.39 is 11.6 Å². The summed E-state index contributed by atoms with van der Waals surface area (Å²) in [5, 5.41) is 13.0. The molecule has 0 atom stereocenters. The van der Waals surface area contributed by atoms with Gasteiger partial charge < -0.3 is 5.73 Å². The van der Waals surface area contributed by atoms with E-state index in [0.717, 1.165) is 4.52 Å². The molecule has 1 aliphatic carbocycles. The van der Waals surface area contributed by atoms with Crippen molar-refractivity contribution >= 4 is 11.5 Å². The Morgan fingerprint density at radius 2 is 2.10 bits per heavy atom. The number of aromatic nitrogens is 3. The van der Waals surface area contributed by atoms with Crippen molar-refractivity contribution in [2.45, 2.75) is 30.9 Å². The fraction of sp³-hybridized carbons (Fsp3) is 0.417. The van der Waals surface area contributed by atoms with Crippen molar-refractivity contribution in [1.82, 2.24) is 14.6 Å². The van der Waals surface area contributed by atoms with Crippen LogP contribution in [0, 0.1) is 11.3 Å². The van der Waals surface area contributed by atoms with Crippen molar-refractivity contribution in [3.8, 4) is 6.07 Å². The van der Waals surface area contributed by atoms with E-state index in [9.17, 15) is 13.2 Å². The van der Waals surface area contributed by atoms with Gasteiger partial charge in [-0.2, -0.15) is 18.4 Å².